The third-order valence-electron chi connectivity index (χ3n) is 13.6. The quantitative estimate of drug-likeness (QED) is 0.208. The predicted molar refractivity (Wildman–Crippen MR) is 264 cm³/mol. The van der Waals surface area contributed by atoms with Gasteiger partial charge in [-0.3, -0.25) is 30.0 Å². The van der Waals surface area contributed by atoms with E-state index in [1.54, 1.807) is 0 Å². The summed E-state index contributed by atoms with van der Waals surface area (Å²) in [5.41, 5.74) is 6.75. The average Bonchev–Trinajstić information content (AvgIpc) is 3.23. The molecule has 3 aromatic rings. The molecule has 7 rings (SSSR count). The number of aromatic hydroxyl groups is 3. The Morgan fingerprint density at radius 1 is 0.317 bits per heavy atom. The highest BCUT2D eigenvalue weighted by Gasteiger charge is 2.28. The molecular formula is C54H72N6O3. The molecule has 1 aliphatic heterocycles. The Hall–Kier alpha value is -4.92. The number of fused-ring (bicyclic) bond motifs is 9. The zero-order valence-corrected chi connectivity index (χ0v) is 39.4. The molecule has 3 N–H and O–H groups in total. The lowest BCUT2D eigenvalue weighted by Crippen LogP contribution is -2.27. The summed E-state index contributed by atoms with van der Waals surface area (Å²) in [5, 5.41) is 35.4. The van der Waals surface area contributed by atoms with Crippen LogP contribution in [0.5, 0.6) is 17.2 Å². The Morgan fingerprint density at radius 3 is 0.619 bits per heavy atom. The maximum absolute atomic E-state index is 11.8. The van der Waals surface area contributed by atoms with Gasteiger partial charge >= 0.3 is 0 Å². The first-order valence-electron chi connectivity index (χ1n) is 23.7. The fraction of sp³-hybridized carbons (Fsp3) is 0.556. The van der Waals surface area contributed by atoms with Crippen molar-refractivity contribution in [1.29, 1.82) is 0 Å². The average molecular weight is 853 g/mol. The van der Waals surface area contributed by atoms with Gasteiger partial charge in [-0.2, -0.15) is 0 Å². The molecule has 9 heteroatoms. The second-order valence-electron chi connectivity index (χ2n) is 21.7. The van der Waals surface area contributed by atoms with E-state index in [1.165, 1.54) is 0 Å². The largest absolute Gasteiger partial charge is 0.507 e. The lowest BCUT2D eigenvalue weighted by molar-refractivity contribution is 0.389. The molecule has 0 aromatic heterocycles. The summed E-state index contributed by atoms with van der Waals surface area (Å²) in [7, 11) is 0. The van der Waals surface area contributed by atoms with Crippen LogP contribution in [-0.2, 0) is 16.2 Å². The molecule has 6 atom stereocenters. The number of benzene rings is 3. The number of rotatable bonds is 0. The molecular weight excluding hydrogens is 781 g/mol. The lowest BCUT2D eigenvalue weighted by Gasteiger charge is -2.26. The molecule has 336 valence electrons. The third kappa shape index (κ3) is 11.2. The van der Waals surface area contributed by atoms with Crippen molar-refractivity contribution in [2.75, 3.05) is 0 Å². The minimum absolute atomic E-state index is 0.0647. The van der Waals surface area contributed by atoms with E-state index in [4.69, 9.17) is 30.0 Å². The Kier molecular flexibility index (Phi) is 13.9. The summed E-state index contributed by atoms with van der Waals surface area (Å²) in [5.74, 6) is 0.488. The number of hydrogen-bond acceptors (Lipinski definition) is 9. The number of hydrogen-bond donors (Lipinski definition) is 3. The summed E-state index contributed by atoms with van der Waals surface area (Å²) >= 11 is 0. The van der Waals surface area contributed by atoms with E-state index in [0.717, 1.165) is 93.7 Å². The molecule has 3 aromatic carbocycles. The minimum atomic E-state index is -0.175. The molecule has 1 heterocycles. The fourth-order valence-corrected chi connectivity index (χ4v) is 9.30. The Morgan fingerprint density at radius 2 is 0.476 bits per heavy atom. The van der Waals surface area contributed by atoms with Gasteiger partial charge in [0, 0.05) is 70.7 Å². The van der Waals surface area contributed by atoms with Gasteiger partial charge in [-0.05, 0) is 108 Å². The van der Waals surface area contributed by atoms with Gasteiger partial charge in [0.2, 0.25) is 0 Å². The standard InChI is InChI=1S/C54H72N6O3/c1-52(2,3)40-22-34-28-55-43-16-10-12-18-45(43)57-30-36-24-41(53(4,5)6)26-38(50(36)62)32-59-47-20-14-15-21-48(47)60-33-39-27-42(54(7,8)9)25-37(51(39)63)31-58-46-19-13-11-17-44(46)56-29-35(23-40)49(34)61/h22-33,43-48,61-63H,10-21H2,1-9H3/t43-,44-,45-,46-,47-,48-/m0/s1. The predicted octanol–water partition coefficient (Wildman–Crippen LogP) is 11.6. The van der Waals surface area contributed by atoms with Crippen LogP contribution < -0.4 is 0 Å². The van der Waals surface area contributed by atoms with Crippen LogP contribution in [0.15, 0.2) is 66.4 Å². The van der Waals surface area contributed by atoms with Crippen molar-refractivity contribution >= 4 is 37.3 Å². The second kappa shape index (κ2) is 19.0. The van der Waals surface area contributed by atoms with Crippen molar-refractivity contribution in [2.45, 2.75) is 192 Å². The summed E-state index contributed by atoms with van der Waals surface area (Å²) in [6, 6.07) is 11.9. The molecule has 0 saturated heterocycles. The van der Waals surface area contributed by atoms with Gasteiger partial charge in [0.05, 0.1) is 36.3 Å². The Balaban J connectivity index is 1.37. The molecule has 63 heavy (non-hydrogen) atoms. The zero-order valence-electron chi connectivity index (χ0n) is 39.4. The number of aliphatic imine (C=N–C) groups is 6. The molecule has 0 amide bonds. The van der Waals surface area contributed by atoms with Crippen LogP contribution >= 0.6 is 0 Å². The number of nitrogens with zero attached hydrogens (tertiary/aromatic N) is 6. The molecule has 0 spiro atoms. The van der Waals surface area contributed by atoms with E-state index < -0.39 is 0 Å². The third-order valence-corrected chi connectivity index (χ3v) is 13.6. The SMILES string of the molecule is CC(C)(C)c1cc2c(O)c(c1)C=N[C@H]1CCCC[C@@H]1N=Cc1cc(C(C)(C)C)cc(c1O)C=N[C@H]1CCCC[C@@H]1N=Cc1cc(C(C)(C)C)cc(c1O)C=N[C@H]1CCCC[C@@H]1N=C2. The lowest BCUT2D eigenvalue weighted by atomic mass is 9.84. The highest BCUT2D eigenvalue weighted by molar-refractivity contribution is 5.95. The minimum Gasteiger partial charge on any atom is -0.507 e. The van der Waals surface area contributed by atoms with Gasteiger partial charge in [-0.15, -0.1) is 0 Å². The van der Waals surface area contributed by atoms with Crippen LogP contribution in [0.25, 0.3) is 0 Å². The van der Waals surface area contributed by atoms with Crippen LogP contribution in [-0.4, -0.2) is 88.9 Å². The second-order valence-corrected chi connectivity index (χ2v) is 21.7. The summed E-state index contributed by atoms with van der Waals surface area (Å²) in [6.07, 6.45) is 22.7. The molecule has 3 saturated carbocycles. The van der Waals surface area contributed by atoms with E-state index in [0.29, 0.717) is 33.4 Å². The van der Waals surface area contributed by atoms with Gasteiger partial charge in [0.15, 0.2) is 0 Å². The maximum Gasteiger partial charge on any atom is 0.133 e. The number of phenolic OH excluding ortho intramolecular Hbond substituents is 3. The smallest absolute Gasteiger partial charge is 0.133 e. The van der Waals surface area contributed by atoms with Crippen molar-refractivity contribution < 1.29 is 15.3 Å². The number of phenols is 3. The fourth-order valence-electron chi connectivity index (χ4n) is 9.30. The zero-order chi connectivity index (χ0) is 45.1. The van der Waals surface area contributed by atoms with Crippen molar-refractivity contribution in [3.05, 3.63) is 86.5 Å². The Labute approximate surface area is 376 Å². The van der Waals surface area contributed by atoms with Gasteiger partial charge < -0.3 is 15.3 Å². The van der Waals surface area contributed by atoms with Gasteiger partial charge in [0.25, 0.3) is 0 Å². The monoisotopic (exact) mass is 853 g/mol. The molecule has 9 nitrogen and oxygen atoms in total. The molecule has 6 bridgehead atoms. The highest BCUT2D eigenvalue weighted by atomic mass is 16.3. The molecule has 0 unspecified atom stereocenters. The Bertz CT molecular complexity index is 1910. The first-order chi connectivity index (χ1) is 29.8. The van der Waals surface area contributed by atoms with Crippen LogP contribution in [0.1, 0.15) is 189 Å². The van der Waals surface area contributed by atoms with Crippen molar-refractivity contribution in [1.82, 2.24) is 0 Å². The molecule has 3 aliphatic carbocycles. The summed E-state index contributed by atoms with van der Waals surface area (Å²) in [4.78, 5) is 30.8. The first-order valence-corrected chi connectivity index (χ1v) is 23.7. The van der Waals surface area contributed by atoms with Gasteiger partial charge in [0.1, 0.15) is 17.2 Å². The molecule has 4 aliphatic rings. The van der Waals surface area contributed by atoms with E-state index in [9.17, 15) is 15.3 Å². The van der Waals surface area contributed by atoms with E-state index in [1.807, 2.05) is 73.7 Å². The van der Waals surface area contributed by atoms with E-state index in [-0.39, 0.29) is 69.7 Å². The first kappa shape index (κ1) is 46.1. The highest BCUT2D eigenvalue weighted by Crippen LogP contribution is 2.35. The van der Waals surface area contributed by atoms with Crippen LogP contribution in [0, 0.1) is 0 Å². The summed E-state index contributed by atoms with van der Waals surface area (Å²) < 4.78 is 0. The van der Waals surface area contributed by atoms with Crippen molar-refractivity contribution in [3.63, 3.8) is 0 Å². The summed E-state index contributed by atoms with van der Waals surface area (Å²) in [6.45, 7) is 19.6. The van der Waals surface area contributed by atoms with Crippen LogP contribution in [0.3, 0.4) is 0 Å². The maximum atomic E-state index is 11.8. The molecule has 3 fully saturated rings. The van der Waals surface area contributed by atoms with Crippen molar-refractivity contribution in [2.24, 2.45) is 30.0 Å². The van der Waals surface area contributed by atoms with Crippen LogP contribution in [0.4, 0.5) is 0 Å². The van der Waals surface area contributed by atoms with Gasteiger partial charge in [-0.25, -0.2) is 0 Å². The van der Waals surface area contributed by atoms with Gasteiger partial charge in [-0.1, -0.05) is 101 Å². The van der Waals surface area contributed by atoms with E-state index >= 15 is 0 Å². The normalized spacial score (nSPS) is 24.9. The topological polar surface area (TPSA) is 135 Å². The van der Waals surface area contributed by atoms with E-state index in [2.05, 4.69) is 62.3 Å². The van der Waals surface area contributed by atoms with Crippen molar-refractivity contribution in [3.8, 4) is 17.2 Å². The van der Waals surface area contributed by atoms with Crippen LogP contribution in [0.2, 0.25) is 0 Å². The molecule has 0 radical (unpaired) electrons.